The van der Waals surface area contributed by atoms with E-state index < -0.39 is 28.9 Å². The van der Waals surface area contributed by atoms with E-state index in [1.54, 1.807) is 22.6 Å². The number of benzene rings is 1. The fraction of sp³-hybridized carbons (Fsp3) is 0.407. The standard InChI is InChI=1S/C27H30ClF2N5O4/c1-15-10-17(16-11-20(29)23(38-5)21(30)12-16)13-31-24(15)33-25(36)22-19(28)14-32-35(22)18-6-8-34(9-7-18)26(37)39-27(2,3)4/h10-14,18H,6-9H2,1-5H3,(H,31,33,36). The lowest BCUT2D eigenvalue weighted by Crippen LogP contribution is -2.42. The molecule has 0 aliphatic carbocycles. The molecule has 0 saturated carbocycles. The number of methoxy groups -OCH3 is 1. The highest BCUT2D eigenvalue weighted by molar-refractivity contribution is 6.34. The Balaban J connectivity index is 1.48. The van der Waals surface area contributed by atoms with E-state index in [0.717, 1.165) is 12.1 Å². The van der Waals surface area contributed by atoms with E-state index in [9.17, 15) is 18.4 Å². The lowest BCUT2D eigenvalue weighted by molar-refractivity contribution is 0.0183. The van der Waals surface area contributed by atoms with E-state index in [-0.39, 0.29) is 34.2 Å². The van der Waals surface area contributed by atoms with Gasteiger partial charge in [0.05, 0.1) is 24.4 Å². The Morgan fingerprint density at radius 2 is 1.72 bits per heavy atom. The van der Waals surface area contributed by atoms with E-state index in [1.807, 2.05) is 20.8 Å². The van der Waals surface area contributed by atoms with Crippen molar-refractivity contribution in [2.75, 3.05) is 25.5 Å². The van der Waals surface area contributed by atoms with E-state index >= 15 is 0 Å². The fourth-order valence-electron chi connectivity index (χ4n) is 4.40. The van der Waals surface area contributed by atoms with Crippen molar-refractivity contribution in [1.82, 2.24) is 19.7 Å². The minimum absolute atomic E-state index is 0.145. The summed E-state index contributed by atoms with van der Waals surface area (Å²) in [6.07, 6.45) is 3.58. The van der Waals surface area contributed by atoms with Gasteiger partial charge in [-0.05, 0) is 69.9 Å². The Morgan fingerprint density at radius 3 is 2.28 bits per heavy atom. The molecule has 4 rings (SSSR count). The van der Waals surface area contributed by atoms with Gasteiger partial charge in [0.2, 0.25) is 0 Å². The van der Waals surface area contributed by atoms with Crippen LogP contribution >= 0.6 is 11.6 Å². The highest BCUT2D eigenvalue weighted by Crippen LogP contribution is 2.31. The van der Waals surface area contributed by atoms with Gasteiger partial charge in [-0.1, -0.05) is 11.6 Å². The Hall–Kier alpha value is -3.73. The molecule has 0 spiro atoms. The van der Waals surface area contributed by atoms with Crippen molar-refractivity contribution >= 4 is 29.4 Å². The van der Waals surface area contributed by atoms with Crippen molar-refractivity contribution < 1.29 is 27.8 Å². The quantitative estimate of drug-likeness (QED) is 0.409. The minimum Gasteiger partial charge on any atom is -0.491 e. The van der Waals surface area contributed by atoms with Crippen molar-refractivity contribution in [2.24, 2.45) is 0 Å². The predicted octanol–water partition coefficient (Wildman–Crippen LogP) is 6.02. The van der Waals surface area contributed by atoms with Crippen LogP contribution in [0, 0.1) is 18.6 Å². The highest BCUT2D eigenvalue weighted by Gasteiger charge is 2.31. The van der Waals surface area contributed by atoms with Gasteiger partial charge in [0.15, 0.2) is 17.4 Å². The molecule has 3 heterocycles. The molecule has 2 aromatic heterocycles. The summed E-state index contributed by atoms with van der Waals surface area (Å²) in [4.78, 5) is 31.6. The summed E-state index contributed by atoms with van der Waals surface area (Å²) in [5.41, 5.74) is 0.909. The van der Waals surface area contributed by atoms with Crippen LogP contribution in [-0.2, 0) is 4.74 Å². The van der Waals surface area contributed by atoms with Gasteiger partial charge in [-0.15, -0.1) is 0 Å². The molecule has 9 nitrogen and oxygen atoms in total. The zero-order valence-electron chi connectivity index (χ0n) is 22.3. The zero-order valence-corrected chi connectivity index (χ0v) is 23.1. The molecular weight excluding hydrogens is 532 g/mol. The molecule has 0 atom stereocenters. The molecule has 0 bridgehead atoms. The van der Waals surface area contributed by atoms with Gasteiger partial charge in [0.1, 0.15) is 17.1 Å². The van der Waals surface area contributed by atoms with Gasteiger partial charge >= 0.3 is 6.09 Å². The van der Waals surface area contributed by atoms with Crippen LogP contribution in [0.25, 0.3) is 11.1 Å². The molecule has 2 amide bonds. The van der Waals surface area contributed by atoms with Gasteiger partial charge < -0.3 is 19.7 Å². The zero-order chi connectivity index (χ0) is 28.5. The summed E-state index contributed by atoms with van der Waals surface area (Å²) in [5, 5.41) is 7.26. The van der Waals surface area contributed by atoms with Crippen LogP contribution in [0.5, 0.6) is 5.75 Å². The molecule has 0 radical (unpaired) electrons. The number of amides is 2. The second-order valence-corrected chi connectivity index (χ2v) is 10.7. The van der Waals surface area contributed by atoms with Crippen LogP contribution in [0.2, 0.25) is 5.02 Å². The first kappa shape index (κ1) is 28.3. The summed E-state index contributed by atoms with van der Waals surface area (Å²) >= 11 is 6.35. The first-order valence-corrected chi connectivity index (χ1v) is 12.8. The molecule has 1 fully saturated rings. The number of pyridine rings is 1. The molecule has 1 aliphatic heterocycles. The fourth-order valence-corrected chi connectivity index (χ4v) is 4.62. The van der Waals surface area contributed by atoms with Crippen LogP contribution in [-0.4, -0.2) is 57.5 Å². The topological polar surface area (TPSA) is 98.6 Å². The average Bonchev–Trinajstić information content (AvgIpc) is 3.25. The number of piperidine rings is 1. The molecule has 39 heavy (non-hydrogen) atoms. The summed E-state index contributed by atoms with van der Waals surface area (Å²) in [6.45, 7) is 8.07. The maximum atomic E-state index is 14.2. The minimum atomic E-state index is -0.831. The van der Waals surface area contributed by atoms with Gasteiger partial charge in [-0.2, -0.15) is 5.10 Å². The molecule has 1 N–H and O–H groups in total. The Bertz CT molecular complexity index is 1370. The number of likely N-dealkylation sites (tertiary alicyclic amines) is 1. The number of aryl methyl sites for hydroxylation is 1. The lowest BCUT2D eigenvalue weighted by Gasteiger charge is -2.33. The summed E-state index contributed by atoms with van der Waals surface area (Å²) < 4.78 is 40.1. The largest absolute Gasteiger partial charge is 0.491 e. The van der Waals surface area contributed by atoms with Crippen LogP contribution in [0.4, 0.5) is 19.4 Å². The van der Waals surface area contributed by atoms with Crippen LogP contribution in [0.3, 0.4) is 0 Å². The maximum absolute atomic E-state index is 14.2. The van der Waals surface area contributed by atoms with Gasteiger partial charge in [-0.25, -0.2) is 18.6 Å². The summed E-state index contributed by atoms with van der Waals surface area (Å²) in [5.74, 6) is -2.36. The molecule has 208 valence electrons. The molecule has 1 saturated heterocycles. The molecule has 12 heteroatoms. The molecule has 0 unspecified atom stereocenters. The number of nitrogens with one attached hydrogen (secondary N) is 1. The maximum Gasteiger partial charge on any atom is 0.410 e. The van der Waals surface area contributed by atoms with Crippen molar-refractivity contribution in [1.29, 1.82) is 0 Å². The Labute approximate surface area is 230 Å². The monoisotopic (exact) mass is 561 g/mol. The number of rotatable bonds is 5. The third-order valence-corrected chi connectivity index (χ3v) is 6.55. The van der Waals surface area contributed by atoms with E-state index in [1.165, 1.54) is 19.5 Å². The summed E-state index contributed by atoms with van der Waals surface area (Å²) in [7, 11) is 1.19. The predicted molar refractivity (Wildman–Crippen MR) is 142 cm³/mol. The number of anilines is 1. The molecular formula is C27H30ClF2N5O4. The van der Waals surface area contributed by atoms with Gasteiger partial charge in [0, 0.05) is 24.8 Å². The number of carbonyl (C=O) groups excluding carboxylic acids is 2. The van der Waals surface area contributed by atoms with Crippen molar-refractivity contribution in [3.8, 4) is 16.9 Å². The van der Waals surface area contributed by atoms with Crippen LogP contribution in [0.15, 0.2) is 30.6 Å². The van der Waals surface area contributed by atoms with Gasteiger partial charge in [0.25, 0.3) is 5.91 Å². The first-order valence-electron chi connectivity index (χ1n) is 12.4. The van der Waals surface area contributed by atoms with E-state index in [2.05, 4.69) is 15.4 Å². The lowest BCUT2D eigenvalue weighted by atomic mass is 10.0. The third kappa shape index (κ3) is 6.30. The average molecular weight is 562 g/mol. The third-order valence-electron chi connectivity index (χ3n) is 6.27. The van der Waals surface area contributed by atoms with Crippen LogP contribution < -0.4 is 10.1 Å². The number of nitrogens with zero attached hydrogens (tertiary/aromatic N) is 4. The SMILES string of the molecule is COc1c(F)cc(-c2cnc(NC(=O)c3c(Cl)cnn3C3CCN(C(=O)OC(C)(C)C)CC3)c(C)c2)cc1F. The second kappa shape index (κ2) is 11.2. The number of carbonyl (C=O) groups is 2. The van der Waals surface area contributed by atoms with E-state index in [4.69, 9.17) is 21.1 Å². The second-order valence-electron chi connectivity index (χ2n) is 10.3. The number of hydrogen-bond acceptors (Lipinski definition) is 6. The summed E-state index contributed by atoms with van der Waals surface area (Å²) in [6, 6.07) is 3.83. The number of ether oxygens (including phenoxy) is 2. The Morgan fingerprint density at radius 1 is 1.08 bits per heavy atom. The van der Waals surface area contributed by atoms with Crippen molar-refractivity contribution in [3.05, 3.63) is 58.5 Å². The molecule has 3 aromatic rings. The highest BCUT2D eigenvalue weighted by atomic mass is 35.5. The Kier molecular flexibility index (Phi) is 8.10. The van der Waals surface area contributed by atoms with E-state index in [0.29, 0.717) is 37.1 Å². The first-order chi connectivity index (χ1) is 18.4. The molecule has 1 aromatic carbocycles. The molecule has 1 aliphatic rings. The van der Waals surface area contributed by atoms with Crippen LogP contribution in [0.1, 0.15) is 55.7 Å². The normalized spacial score (nSPS) is 14.3. The van der Waals surface area contributed by atoms with Crippen molar-refractivity contribution in [2.45, 2.75) is 52.2 Å². The number of hydrogen-bond donors (Lipinski definition) is 1. The number of aromatic nitrogens is 3. The smallest absolute Gasteiger partial charge is 0.410 e. The van der Waals surface area contributed by atoms with Gasteiger partial charge in [-0.3, -0.25) is 9.48 Å². The number of halogens is 3. The van der Waals surface area contributed by atoms with Crippen molar-refractivity contribution in [3.63, 3.8) is 0 Å².